The highest BCUT2D eigenvalue weighted by Crippen LogP contribution is 2.11. The van der Waals surface area contributed by atoms with Crippen molar-refractivity contribution in [2.75, 3.05) is 26.6 Å². The van der Waals surface area contributed by atoms with Gasteiger partial charge >= 0.3 is 0 Å². The Hall–Kier alpha value is -0.580. The molecule has 0 unspecified atom stereocenters. The highest BCUT2D eigenvalue weighted by Gasteiger charge is 2.08. The fourth-order valence-electron chi connectivity index (χ4n) is 3.55. The summed E-state index contributed by atoms with van der Waals surface area (Å²) < 4.78 is 23.0. The van der Waals surface area contributed by atoms with Gasteiger partial charge in [-0.1, -0.05) is 104 Å². The van der Waals surface area contributed by atoms with Gasteiger partial charge in [-0.2, -0.15) is 0 Å². The number of allylic oxidation sites excluding steroid dienone is 1. The second-order valence-corrected chi connectivity index (χ2v) is 8.91. The van der Waals surface area contributed by atoms with Crippen molar-refractivity contribution in [3.05, 3.63) is 12.3 Å². The first-order valence-corrected chi connectivity index (χ1v) is 13.9. The van der Waals surface area contributed by atoms with E-state index in [2.05, 4.69) is 26.8 Å². The molecule has 0 spiro atoms. The van der Waals surface area contributed by atoms with E-state index in [1.807, 2.05) is 0 Å². The number of hydrogen-bond donors (Lipinski definition) is 0. The summed E-state index contributed by atoms with van der Waals surface area (Å²) in [6, 6.07) is 0. The molecule has 0 atom stereocenters. The zero-order chi connectivity index (χ0) is 23.4. The monoisotopic (exact) mass is 456 g/mol. The minimum Gasteiger partial charge on any atom is -0.475 e. The average Bonchev–Trinajstić information content (AvgIpc) is 2.80. The van der Waals surface area contributed by atoms with Crippen molar-refractivity contribution in [3.8, 4) is 0 Å². The molecule has 4 heteroatoms. The summed E-state index contributed by atoms with van der Waals surface area (Å²) in [6.07, 6.45) is 25.8. The molecular formula is C28H56O4. The van der Waals surface area contributed by atoms with Crippen molar-refractivity contribution in [1.29, 1.82) is 0 Å². The van der Waals surface area contributed by atoms with E-state index in [9.17, 15) is 0 Å². The van der Waals surface area contributed by atoms with Gasteiger partial charge in [-0.3, -0.25) is 0 Å². The van der Waals surface area contributed by atoms with E-state index in [1.165, 1.54) is 83.5 Å². The van der Waals surface area contributed by atoms with Gasteiger partial charge < -0.3 is 18.9 Å². The molecule has 0 radical (unpaired) electrons. The minimum atomic E-state index is -0.0965. The fraction of sp³-hybridized carbons (Fsp3) is 0.929. The maximum Gasteiger partial charge on any atom is 0.188 e. The van der Waals surface area contributed by atoms with Crippen LogP contribution >= 0.6 is 0 Å². The molecular weight excluding hydrogens is 400 g/mol. The van der Waals surface area contributed by atoms with Crippen LogP contribution in [0.4, 0.5) is 0 Å². The average molecular weight is 457 g/mol. The minimum absolute atomic E-state index is 0.0965. The lowest BCUT2D eigenvalue weighted by Crippen LogP contribution is -2.18. The van der Waals surface area contributed by atoms with E-state index < -0.39 is 0 Å². The molecule has 4 nitrogen and oxygen atoms in total. The molecule has 32 heavy (non-hydrogen) atoms. The maximum absolute atomic E-state index is 6.06. The van der Waals surface area contributed by atoms with Crippen LogP contribution < -0.4 is 0 Å². The van der Waals surface area contributed by atoms with E-state index >= 15 is 0 Å². The van der Waals surface area contributed by atoms with Gasteiger partial charge in [0, 0.05) is 19.6 Å². The van der Waals surface area contributed by atoms with Gasteiger partial charge in [0.1, 0.15) is 0 Å². The second kappa shape index (κ2) is 28.5. The third-order valence-electron chi connectivity index (χ3n) is 5.66. The Kier molecular flexibility index (Phi) is 27.9. The lowest BCUT2D eigenvalue weighted by molar-refractivity contribution is -0.146. The molecule has 0 N–H and O–H groups in total. The van der Waals surface area contributed by atoms with Gasteiger partial charge in [0.15, 0.2) is 13.1 Å². The van der Waals surface area contributed by atoms with Crippen LogP contribution in [0.2, 0.25) is 0 Å². The van der Waals surface area contributed by atoms with Gasteiger partial charge in [0.05, 0.1) is 12.9 Å². The molecule has 0 saturated carbocycles. The van der Waals surface area contributed by atoms with Gasteiger partial charge in [0.25, 0.3) is 0 Å². The first-order valence-electron chi connectivity index (χ1n) is 13.9. The van der Waals surface area contributed by atoms with Crippen LogP contribution in [-0.2, 0) is 18.9 Å². The summed E-state index contributed by atoms with van der Waals surface area (Å²) in [4.78, 5) is 0. The lowest BCUT2D eigenvalue weighted by Gasteiger charge is -2.18. The predicted molar refractivity (Wildman–Crippen MR) is 137 cm³/mol. The Balaban J connectivity index is 3.88. The quantitative estimate of drug-likeness (QED) is 0.0702. The lowest BCUT2D eigenvalue weighted by atomic mass is 10.1. The number of unbranched alkanes of at least 4 members (excludes halogenated alkanes) is 13. The van der Waals surface area contributed by atoms with E-state index in [4.69, 9.17) is 18.9 Å². The van der Waals surface area contributed by atoms with Crippen LogP contribution in [0.1, 0.15) is 136 Å². The second-order valence-electron chi connectivity index (χ2n) is 8.91. The van der Waals surface area contributed by atoms with Crippen molar-refractivity contribution in [3.63, 3.8) is 0 Å². The predicted octanol–water partition coefficient (Wildman–Crippen LogP) is 8.93. The number of rotatable bonds is 27. The van der Waals surface area contributed by atoms with Crippen LogP contribution in [0.25, 0.3) is 0 Å². The molecule has 0 saturated heterocycles. The Morgan fingerprint density at radius 3 is 1.59 bits per heavy atom. The number of ether oxygens (including phenoxy) is 4. The summed E-state index contributed by atoms with van der Waals surface area (Å²) in [7, 11) is 0. The van der Waals surface area contributed by atoms with E-state index in [-0.39, 0.29) is 6.29 Å². The van der Waals surface area contributed by atoms with Crippen LogP contribution in [-0.4, -0.2) is 32.9 Å². The summed E-state index contributed by atoms with van der Waals surface area (Å²) in [5.41, 5.74) is 0. The maximum atomic E-state index is 6.06. The first kappa shape index (κ1) is 31.4. The first-order chi connectivity index (χ1) is 15.8. The molecule has 0 fully saturated rings. The van der Waals surface area contributed by atoms with Crippen LogP contribution in [0.3, 0.4) is 0 Å². The molecule has 0 aromatic rings. The van der Waals surface area contributed by atoms with Crippen molar-refractivity contribution in [2.24, 2.45) is 0 Å². The van der Waals surface area contributed by atoms with E-state index in [1.54, 1.807) is 6.26 Å². The molecule has 0 aromatic carbocycles. The molecule has 0 aliphatic rings. The van der Waals surface area contributed by atoms with Crippen molar-refractivity contribution in [2.45, 2.75) is 143 Å². The molecule has 0 heterocycles. The molecule has 0 aliphatic carbocycles. The Morgan fingerprint density at radius 2 is 1.03 bits per heavy atom. The van der Waals surface area contributed by atoms with Crippen LogP contribution in [0.5, 0.6) is 0 Å². The van der Waals surface area contributed by atoms with E-state index in [0.29, 0.717) is 6.79 Å². The normalized spacial score (nSPS) is 11.8. The summed E-state index contributed by atoms with van der Waals surface area (Å²) in [5.74, 6) is 0. The van der Waals surface area contributed by atoms with Crippen LogP contribution in [0.15, 0.2) is 12.3 Å². The molecule has 0 aliphatic heterocycles. The smallest absolute Gasteiger partial charge is 0.188 e. The largest absolute Gasteiger partial charge is 0.475 e. The van der Waals surface area contributed by atoms with Gasteiger partial charge in [-0.05, 0) is 31.8 Å². The Labute approximate surface area is 200 Å². The highest BCUT2D eigenvalue weighted by atomic mass is 16.7. The molecule has 0 amide bonds. The third kappa shape index (κ3) is 25.7. The number of hydrogen-bond acceptors (Lipinski definition) is 4. The van der Waals surface area contributed by atoms with Crippen molar-refractivity contribution >= 4 is 0 Å². The highest BCUT2D eigenvalue weighted by molar-refractivity contribution is 4.73. The van der Waals surface area contributed by atoms with Crippen LogP contribution in [0, 0.1) is 0 Å². The van der Waals surface area contributed by atoms with E-state index in [0.717, 1.165) is 51.9 Å². The van der Waals surface area contributed by atoms with Gasteiger partial charge in [-0.15, -0.1) is 0 Å². The Morgan fingerprint density at radius 1 is 0.562 bits per heavy atom. The topological polar surface area (TPSA) is 36.9 Å². The molecule has 0 bridgehead atoms. The third-order valence-corrected chi connectivity index (χ3v) is 5.66. The van der Waals surface area contributed by atoms with Crippen molar-refractivity contribution in [1.82, 2.24) is 0 Å². The summed E-state index contributed by atoms with van der Waals surface area (Å²) in [6.45, 7) is 9.48. The fourth-order valence-corrected chi connectivity index (χ4v) is 3.55. The molecule has 0 aromatic heterocycles. The van der Waals surface area contributed by atoms with Gasteiger partial charge in [0.2, 0.25) is 0 Å². The summed E-state index contributed by atoms with van der Waals surface area (Å²) >= 11 is 0. The summed E-state index contributed by atoms with van der Waals surface area (Å²) in [5, 5.41) is 0. The SMILES string of the molecule is CCCCCCCCOC(CCC=COCOCCCCCC)OCCCCCCCC. The van der Waals surface area contributed by atoms with Gasteiger partial charge in [-0.25, -0.2) is 0 Å². The van der Waals surface area contributed by atoms with Crippen molar-refractivity contribution < 1.29 is 18.9 Å². The zero-order valence-corrected chi connectivity index (χ0v) is 21.9. The Bertz CT molecular complexity index is 341. The zero-order valence-electron chi connectivity index (χ0n) is 21.9. The molecule has 0 rings (SSSR count). The molecule has 192 valence electrons. The standard InChI is InChI=1S/C28H56O4/c1-4-7-10-13-15-19-25-31-28(32-26-20-16-14-11-8-5-2)22-17-21-24-30-27-29-23-18-12-9-6-3/h21,24,28H,4-20,22-23,25-27H2,1-3H3.